The number of hydrogen-bond donors (Lipinski definition) is 1. The first-order valence-electron chi connectivity index (χ1n) is 9.15. The number of rotatable bonds is 8. The molecule has 0 aliphatic heterocycles. The second-order valence-corrected chi connectivity index (χ2v) is 7.00. The van der Waals surface area contributed by atoms with Crippen LogP contribution in [-0.2, 0) is 13.2 Å². The summed E-state index contributed by atoms with van der Waals surface area (Å²) in [5.41, 5.74) is 3.88. The van der Waals surface area contributed by atoms with Gasteiger partial charge in [0.1, 0.15) is 12.4 Å². The predicted octanol–water partition coefficient (Wildman–Crippen LogP) is 5.90. The Morgan fingerprint density at radius 2 is 1.92 bits per heavy atom. The quantitative estimate of drug-likeness (QED) is 0.470. The molecule has 25 heavy (non-hydrogen) atoms. The van der Waals surface area contributed by atoms with E-state index in [1.54, 1.807) is 5.57 Å². The molecule has 0 saturated carbocycles. The number of nitrogens with one attached hydrogen (secondary N) is 1. The predicted molar refractivity (Wildman–Crippen MR) is 105 cm³/mol. The van der Waals surface area contributed by atoms with Gasteiger partial charge in [0, 0.05) is 17.1 Å². The smallest absolute Gasteiger partial charge is 0.124 e. The molecule has 0 fully saturated rings. The summed E-state index contributed by atoms with van der Waals surface area (Å²) in [5.74, 6) is 0.901. The molecule has 0 amide bonds. The highest BCUT2D eigenvalue weighted by Gasteiger charge is 2.07. The molecular weight excluding hydrogens is 330 g/mol. The van der Waals surface area contributed by atoms with E-state index in [4.69, 9.17) is 16.3 Å². The van der Waals surface area contributed by atoms with Gasteiger partial charge in [-0.25, -0.2) is 0 Å². The van der Waals surface area contributed by atoms with Gasteiger partial charge in [0.05, 0.1) is 0 Å². The molecule has 2 nitrogen and oxygen atoms in total. The molecule has 0 atom stereocenters. The zero-order valence-corrected chi connectivity index (χ0v) is 15.4. The molecule has 1 N–H and O–H groups in total. The van der Waals surface area contributed by atoms with Crippen molar-refractivity contribution in [1.29, 1.82) is 0 Å². The van der Waals surface area contributed by atoms with Crippen molar-refractivity contribution in [1.82, 2.24) is 5.32 Å². The first-order chi connectivity index (χ1) is 12.3. The Hall–Kier alpha value is -1.77. The Morgan fingerprint density at radius 1 is 1.04 bits per heavy atom. The molecule has 1 aliphatic carbocycles. The third kappa shape index (κ3) is 5.91. The van der Waals surface area contributed by atoms with Crippen LogP contribution in [0.2, 0.25) is 5.02 Å². The standard InChI is InChI=1S/C22H26ClNO/c23-21-11-12-22(25-17-19-9-5-2-6-10-19)20(15-21)16-24-14-13-18-7-3-1-4-8-18/h2,5-7,9-12,15,24H,1,3-4,8,13-14,16-17H2. The van der Waals surface area contributed by atoms with E-state index in [9.17, 15) is 0 Å². The Balaban J connectivity index is 1.52. The second-order valence-electron chi connectivity index (χ2n) is 6.56. The van der Waals surface area contributed by atoms with Crippen LogP contribution in [0.3, 0.4) is 0 Å². The van der Waals surface area contributed by atoms with Crippen LogP contribution in [0, 0.1) is 0 Å². The molecule has 132 valence electrons. The Kier molecular flexibility index (Phi) is 6.96. The lowest BCUT2D eigenvalue weighted by molar-refractivity contribution is 0.302. The van der Waals surface area contributed by atoms with Gasteiger partial charge >= 0.3 is 0 Å². The van der Waals surface area contributed by atoms with Crippen LogP contribution < -0.4 is 10.1 Å². The highest BCUT2D eigenvalue weighted by atomic mass is 35.5. The maximum atomic E-state index is 6.18. The Bertz CT molecular complexity index is 696. The Labute approximate surface area is 155 Å². The molecular formula is C22H26ClNO. The number of allylic oxidation sites excluding steroid dienone is 1. The van der Waals surface area contributed by atoms with Crippen LogP contribution in [0.4, 0.5) is 0 Å². The average molecular weight is 356 g/mol. The third-order valence-electron chi connectivity index (χ3n) is 4.58. The fraction of sp³-hybridized carbons (Fsp3) is 0.364. The zero-order valence-electron chi connectivity index (χ0n) is 14.6. The minimum Gasteiger partial charge on any atom is -0.489 e. The van der Waals surface area contributed by atoms with Gasteiger partial charge in [-0.3, -0.25) is 0 Å². The van der Waals surface area contributed by atoms with E-state index in [1.165, 1.54) is 31.2 Å². The fourth-order valence-electron chi connectivity index (χ4n) is 3.17. The summed E-state index contributed by atoms with van der Waals surface area (Å²) in [6.45, 7) is 2.34. The summed E-state index contributed by atoms with van der Waals surface area (Å²) in [6.07, 6.45) is 8.77. The maximum absolute atomic E-state index is 6.18. The number of halogens is 1. The van der Waals surface area contributed by atoms with Crippen molar-refractivity contribution in [2.24, 2.45) is 0 Å². The fourth-order valence-corrected chi connectivity index (χ4v) is 3.36. The molecule has 0 radical (unpaired) electrons. The van der Waals surface area contributed by atoms with Crippen molar-refractivity contribution in [3.8, 4) is 5.75 Å². The lowest BCUT2D eigenvalue weighted by Crippen LogP contribution is -2.16. The van der Waals surface area contributed by atoms with Crippen LogP contribution >= 0.6 is 11.6 Å². The molecule has 3 heteroatoms. The largest absolute Gasteiger partial charge is 0.489 e. The molecule has 0 saturated heterocycles. The zero-order chi connectivity index (χ0) is 17.3. The normalized spacial score (nSPS) is 14.2. The maximum Gasteiger partial charge on any atom is 0.124 e. The van der Waals surface area contributed by atoms with E-state index in [1.807, 2.05) is 36.4 Å². The lowest BCUT2D eigenvalue weighted by Gasteiger charge is -2.15. The molecule has 0 aromatic heterocycles. The van der Waals surface area contributed by atoms with E-state index in [-0.39, 0.29) is 0 Å². The van der Waals surface area contributed by atoms with E-state index in [0.29, 0.717) is 6.61 Å². The van der Waals surface area contributed by atoms with E-state index >= 15 is 0 Å². The van der Waals surface area contributed by atoms with Crippen LogP contribution in [0.5, 0.6) is 5.75 Å². The van der Waals surface area contributed by atoms with Crippen molar-refractivity contribution in [2.75, 3.05) is 6.54 Å². The van der Waals surface area contributed by atoms with Crippen molar-refractivity contribution in [2.45, 2.75) is 45.3 Å². The topological polar surface area (TPSA) is 21.3 Å². The van der Waals surface area contributed by atoms with Gasteiger partial charge in [0.15, 0.2) is 0 Å². The summed E-state index contributed by atoms with van der Waals surface area (Å²) >= 11 is 6.18. The second kappa shape index (κ2) is 9.65. The van der Waals surface area contributed by atoms with Crippen LogP contribution in [0.25, 0.3) is 0 Å². The van der Waals surface area contributed by atoms with Crippen molar-refractivity contribution in [3.05, 3.63) is 76.3 Å². The van der Waals surface area contributed by atoms with Gasteiger partial charge in [0.25, 0.3) is 0 Å². The molecule has 2 aromatic carbocycles. The molecule has 3 rings (SSSR count). The summed E-state index contributed by atoms with van der Waals surface area (Å²) in [7, 11) is 0. The molecule has 0 spiro atoms. The molecule has 0 heterocycles. The lowest BCUT2D eigenvalue weighted by atomic mass is 9.97. The van der Waals surface area contributed by atoms with Crippen molar-refractivity contribution < 1.29 is 4.74 Å². The highest BCUT2D eigenvalue weighted by molar-refractivity contribution is 6.30. The SMILES string of the molecule is Clc1ccc(OCc2ccccc2)c(CNCCC2=CCCCC2)c1. The van der Waals surface area contributed by atoms with Crippen LogP contribution in [0.15, 0.2) is 60.2 Å². The summed E-state index contributed by atoms with van der Waals surface area (Å²) in [6, 6.07) is 16.1. The molecule has 2 aromatic rings. The van der Waals surface area contributed by atoms with Crippen molar-refractivity contribution >= 4 is 11.6 Å². The average Bonchev–Trinajstić information content (AvgIpc) is 2.66. The third-order valence-corrected chi connectivity index (χ3v) is 4.82. The van der Waals surface area contributed by atoms with Crippen LogP contribution in [0.1, 0.15) is 43.2 Å². The van der Waals surface area contributed by atoms with E-state index in [2.05, 4.69) is 23.5 Å². The molecule has 0 bridgehead atoms. The first kappa shape index (κ1) is 18.0. The van der Waals surface area contributed by atoms with Gasteiger partial charge in [-0.1, -0.05) is 53.6 Å². The van der Waals surface area contributed by atoms with Gasteiger partial charge < -0.3 is 10.1 Å². The van der Waals surface area contributed by atoms with E-state index < -0.39 is 0 Å². The molecule has 1 aliphatic rings. The van der Waals surface area contributed by atoms with Gasteiger partial charge in [-0.15, -0.1) is 0 Å². The minimum absolute atomic E-state index is 0.572. The molecule has 0 unspecified atom stereocenters. The van der Waals surface area contributed by atoms with Crippen molar-refractivity contribution in [3.63, 3.8) is 0 Å². The summed E-state index contributed by atoms with van der Waals surface area (Å²) in [5, 5.41) is 4.28. The summed E-state index contributed by atoms with van der Waals surface area (Å²) < 4.78 is 6.02. The number of benzene rings is 2. The number of hydrogen-bond acceptors (Lipinski definition) is 2. The monoisotopic (exact) mass is 355 g/mol. The van der Waals surface area contributed by atoms with Gasteiger partial charge in [-0.05, 0) is 62.4 Å². The Morgan fingerprint density at radius 3 is 2.72 bits per heavy atom. The number of ether oxygens (including phenoxy) is 1. The van der Waals surface area contributed by atoms with Gasteiger partial charge in [-0.2, -0.15) is 0 Å². The van der Waals surface area contributed by atoms with Gasteiger partial charge in [0.2, 0.25) is 0 Å². The summed E-state index contributed by atoms with van der Waals surface area (Å²) in [4.78, 5) is 0. The highest BCUT2D eigenvalue weighted by Crippen LogP contribution is 2.24. The van der Waals surface area contributed by atoms with Crippen LogP contribution in [-0.4, -0.2) is 6.54 Å². The first-order valence-corrected chi connectivity index (χ1v) is 9.53. The van der Waals surface area contributed by atoms with E-state index in [0.717, 1.165) is 35.8 Å². The minimum atomic E-state index is 0.572.